The van der Waals surface area contributed by atoms with Gasteiger partial charge in [-0.05, 0) is 49.3 Å². The molecule has 4 heterocycles. The zero-order valence-corrected chi connectivity index (χ0v) is 20.1. The quantitative estimate of drug-likeness (QED) is 0.676. The van der Waals surface area contributed by atoms with E-state index < -0.39 is 0 Å². The predicted molar refractivity (Wildman–Crippen MR) is 132 cm³/mol. The molecule has 0 radical (unpaired) electrons. The molecule has 1 amide bonds. The van der Waals surface area contributed by atoms with Gasteiger partial charge in [-0.2, -0.15) is 0 Å². The summed E-state index contributed by atoms with van der Waals surface area (Å²) in [6.07, 6.45) is 4.86. The summed E-state index contributed by atoms with van der Waals surface area (Å²) in [4.78, 5) is 26.5. The van der Waals surface area contributed by atoms with Gasteiger partial charge in [-0.1, -0.05) is 13.5 Å². The maximum Gasteiger partial charge on any atom is 0.245 e. The van der Waals surface area contributed by atoms with E-state index in [-0.39, 0.29) is 11.3 Å². The van der Waals surface area contributed by atoms with E-state index in [2.05, 4.69) is 35.3 Å². The van der Waals surface area contributed by atoms with Gasteiger partial charge in [0.2, 0.25) is 11.9 Å². The minimum atomic E-state index is 0.0278. The summed E-state index contributed by atoms with van der Waals surface area (Å²) in [7, 11) is 1.70. The highest BCUT2D eigenvalue weighted by atomic mass is 16.5. The fraction of sp³-hybridized carbons (Fsp3) is 0.577. The SMILES string of the molecule is C=CC(=O)N1CC2(CCN(c3nc(C4C(C)CCC5NNCC54)c4ccc(OC)cc4n3)C2)C1. The van der Waals surface area contributed by atoms with E-state index in [1.54, 1.807) is 7.11 Å². The largest absolute Gasteiger partial charge is 0.497 e. The van der Waals surface area contributed by atoms with Gasteiger partial charge in [0.15, 0.2) is 0 Å². The highest BCUT2D eigenvalue weighted by Gasteiger charge is 2.49. The lowest BCUT2D eigenvalue weighted by Gasteiger charge is -2.47. The Bertz CT molecular complexity index is 1130. The molecule has 4 fully saturated rings. The maximum absolute atomic E-state index is 12.0. The number of hydrazine groups is 1. The van der Waals surface area contributed by atoms with Crippen molar-refractivity contribution < 1.29 is 9.53 Å². The Morgan fingerprint density at radius 1 is 1.26 bits per heavy atom. The Hall–Kier alpha value is -2.71. The third-order valence-corrected chi connectivity index (χ3v) is 8.65. The molecule has 2 aromatic rings. The van der Waals surface area contributed by atoms with Crippen LogP contribution in [0.15, 0.2) is 30.9 Å². The Morgan fingerprint density at radius 3 is 2.91 bits per heavy atom. The van der Waals surface area contributed by atoms with E-state index in [1.807, 2.05) is 17.0 Å². The summed E-state index contributed by atoms with van der Waals surface area (Å²) < 4.78 is 5.53. The van der Waals surface area contributed by atoms with Crippen LogP contribution in [-0.2, 0) is 4.79 Å². The molecule has 8 nitrogen and oxygen atoms in total. The van der Waals surface area contributed by atoms with Gasteiger partial charge in [0, 0.05) is 61.6 Å². The summed E-state index contributed by atoms with van der Waals surface area (Å²) in [6, 6.07) is 6.69. The molecule has 1 aromatic carbocycles. The van der Waals surface area contributed by atoms with Gasteiger partial charge in [0.1, 0.15) is 5.75 Å². The molecule has 6 rings (SSSR count). The van der Waals surface area contributed by atoms with Crippen LogP contribution >= 0.6 is 0 Å². The lowest BCUT2D eigenvalue weighted by molar-refractivity contribution is -0.136. The second kappa shape index (κ2) is 8.20. The van der Waals surface area contributed by atoms with Crippen LogP contribution in [0.25, 0.3) is 10.9 Å². The molecule has 1 saturated carbocycles. The molecule has 3 aliphatic heterocycles. The van der Waals surface area contributed by atoms with Crippen molar-refractivity contribution in [2.24, 2.45) is 17.3 Å². The number of fused-ring (bicyclic) bond motifs is 2. The zero-order chi connectivity index (χ0) is 23.4. The predicted octanol–water partition coefficient (Wildman–Crippen LogP) is 2.47. The first-order valence-electron chi connectivity index (χ1n) is 12.5. The average molecular weight is 463 g/mol. The van der Waals surface area contributed by atoms with E-state index in [4.69, 9.17) is 14.7 Å². The van der Waals surface area contributed by atoms with Crippen molar-refractivity contribution in [3.8, 4) is 5.75 Å². The molecule has 0 bridgehead atoms. The Kier molecular flexibility index (Phi) is 5.26. The topological polar surface area (TPSA) is 82.6 Å². The number of amides is 1. The summed E-state index contributed by atoms with van der Waals surface area (Å²) in [5.41, 5.74) is 9.17. The molecule has 2 N–H and O–H groups in total. The third-order valence-electron chi connectivity index (χ3n) is 8.65. The Morgan fingerprint density at radius 2 is 2.12 bits per heavy atom. The molecule has 1 spiro atoms. The number of rotatable bonds is 4. The Balaban J connectivity index is 1.37. The van der Waals surface area contributed by atoms with Crippen molar-refractivity contribution >= 4 is 22.8 Å². The molecular formula is C26H34N6O2. The van der Waals surface area contributed by atoms with Gasteiger partial charge < -0.3 is 14.5 Å². The van der Waals surface area contributed by atoms with Crippen molar-refractivity contribution in [2.75, 3.05) is 44.7 Å². The van der Waals surface area contributed by atoms with Crippen LogP contribution in [0.3, 0.4) is 0 Å². The van der Waals surface area contributed by atoms with Crippen molar-refractivity contribution in [1.29, 1.82) is 0 Å². The number of methoxy groups -OCH3 is 1. The Labute approximate surface area is 200 Å². The summed E-state index contributed by atoms with van der Waals surface area (Å²) in [6.45, 7) is 10.4. The zero-order valence-electron chi connectivity index (χ0n) is 20.1. The molecule has 1 aliphatic carbocycles. The van der Waals surface area contributed by atoms with Crippen LogP contribution in [0, 0.1) is 17.3 Å². The minimum Gasteiger partial charge on any atom is -0.497 e. The second-order valence-electron chi connectivity index (χ2n) is 10.7. The second-order valence-corrected chi connectivity index (χ2v) is 10.7. The number of nitrogens with zero attached hydrogens (tertiary/aromatic N) is 4. The first-order chi connectivity index (χ1) is 16.5. The number of ether oxygens (including phenoxy) is 1. The monoisotopic (exact) mass is 462 g/mol. The molecule has 8 heteroatoms. The number of carbonyl (C=O) groups excluding carboxylic acids is 1. The van der Waals surface area contributed by atoms with Crippen molar-refractivity contribution in [1.82, 2.24) is 25.7 Å². The summed E-state index contributed by atoms with van der Waals surface area (Å²) in [5, 5.41) is 1.13. The van der Waals surface area contributed by atoms with Crippen LogP contribution in [0.1, 0.15) is 37.8 Å². The summed E-state index contributed by atoms with van der Waals surface area (Å²) in [5.74, 6) is 3.12. The number of anilines is 1. The smallest absolute Gasteiger partial charge is 0.245 e. The van der Waals surface area contributed by atoms with E-state index in [1.165, 1.54) is 24.6 Å². The molecule has 3 saturated heterocycles. The standard InChI is InChI=1S/C26H34N6O2/c1-4-22(33)32-14-26(15-32)9-10-31(13-26)25-28-21-11-17(34-3)6-7-18(21)24(29-25)23-16(2)5-8-20-19(23)12-27-30-20/h4,6-7,11,16,19-20,23,27,30H,1,5,8-10,12-15H2,2-3H3. The highest BCUT2D eigenvalue weighted by molar-refractivity contribution is 5.88. The molecule has 4 unspecified atom stereocenters. The van der Waals surface area contributed by atoms with Crippen LogP contribution in [0.5, 0.6) is 5.75 Å². The van der Waals surface area contributed by atoms with Crippen molar-refractivity contribution in [3.63, 3.8) is 0 Å². The maximum atomic E-state index is 12.0. The molecule has 1 aromatic heterocycles. The fourth-order valence-corrected chi connectivity index (χ4v) is 6.79. The number of aromatic nitrogens is 2. The number of benzene rings is 1. The molecule has 4 aliphatic rings. The normalized spacial score (nSPS) is 29.8. The number of hydrogen-bond acceptors (Lipinski definition) is 7. The van der Waals surface area contributed by atoms with E-state index >= 15 is 0 Å². The number of carbonyl (C=O) groups is 1. The van der Waals surface area contributed by atoms with E-state index in [0.717, 1.165) is 61.7 Å². The number of nitrogens with one attached hydrogen (secondary N) is 2. The third kappa shape index (κ3) is 3.46. The molecule has 180 valence electrons. The molecular weight excluding hydrogens is 428 g/mol. The first kappa shape index (κ1) is 21.8. The van der Waals surface area contributed by atoms with Gasteiger partial charge in [0.25, 0.3) is 0 Å². The van der Waals surface area contributed by atoms with E-state index in [0.29, 0.717) is 23.8 Å². The van der Waals surface area contributed by atoms with Crippen LogP contribution in [0.4, 0.5) is 5.95 Å². The van der Waals surface area contributed by atoms with Crippen molar-refractivity contribution in [3.05, 3.63) is 36.5 Å². The number of likely N-dealkylation sites (tertiary alicyclic amines) is 1. The van der Waals surface area contributed by atoms with Crippen molar-refractivity contribution in [2.45, 2.75) is 38.1 Å². The lowest BCUT2D eigenvalue weighted by atomic mass is 9.69. The van der Waals surface area contributed by atoms with E-state index in [9.17, 15) is 4.79 Å². The molecule has 4 atom stereocenters. The van der Waals surface area contributed by atoms with Crippen LogP contribution in [-0.4, -0.2) is 66.7 Å². The highest BCUT2D eigenvalue weighted by Crippen LogP contribution is 2.46. The number of hydrogen-bond donors (Lipinski definition) is 2. The lowest BCUT2D eigenvalue weighted by Crippen LogP contribution is -2.59. The van der Waals surface area contributed by atoms with Gasteiger partial charge in [-0.3, -0.25) is 15.6 Å². The molecule has 34 heavy (non-hydrogen) atoms. The summed E-state index contributed by atoms with van der Waals surface area (Å²) >= 11 is 0. The van der Waals surface area contributed by atoms with Gasteiger partial charge in [-0.25, -0.2) is 9.97 Å². The van der Waals surface area contributed by atoms with Crippen LogP contribution < -0.4 is 20.5 Å². The first-order valence-corrected chi connectivity index (χ1v) is 12.5. The van der Waals surface area contributed by atoms with Gasteiger partial charge >= 0.3 is 0 Å². The van der Waals surface area contributed by atoms with Crippen LogP contribution in [0.2, 0.25) is 0 Å². The minimum absolute atomic E-state index is 0.0278. The van der Waals surface area contributed by atoms with Gasteiger partial charge in [0.05, 0.1) is 18.3 Å². The average Bonchev–Trinajstić information content (AvgIpc) is 3.49. The van der Waals surface area contributed by atoms with Gasteiger partial charge in [-0.15, -0.1) is 0 Å². The fourth-order valence-electron chi connectivity index (χ4n) is 6.79.